The number of aryl methyl sites for hydroxylation is 8. The van der Waals surface area contributed by atoms with Crippen LogP contribution >= 0.6 is 0 Å². The number of aromatic nitrogens is 3. The second-order valence-electron chi connectivity index (χ2n) is 16.0. The second kappa shape index (κ2) is 22.5. The lowest BCUT2D eigenvalue weighted by molar-refractivity contribution is -0.661. The van der Waals surface area contributed by atoms with Crippen molar-refractivity contribution in [3.63, 3.8) is 0 Å². The molecule has 0 fully saturated rings. The first kappa shape index (κ1) is 39.6. The predicted octanol–water partition coefficient (Wildman–Crippen LogP) is 13.8. The normalized spacial score (nSPS) is 12.9. The monoisotopic (exact) mass is 796 g/mol. The quantitative estimate of drug-likeness (QED) is 0.109. The standard InChI is InChI=1S/2C19H26N.C18H24N/c2*1-6-16(7-2)18-12-19(20(5)13-15(18)4)17-11-9-8-10-14(17)3;1-5-15(6-2)16-11-12-19(4)18(13-16)17-10-8-7-9-14(17)3/h2*8-13,16H,6-7H2,1-5H3;7-13,15H,5-6H2,1-4H3/q3*+1/i4D3,16D;;15D. The smallest absolute Gasteiger partial charge is 0.201 e. The van der Waals surface area contributed by atoms with Crippen LogP contribution in [0, 0.1) is 34.5 Å². The van der Waals surface area contributed by atoms with Gasteiger partial charge in [0.15, 0.2) is 18.6 Å². The van der Waals surface area contributed by atoms with Gasteiger partial charge in [-0.2, -0.15) is 0 Å². The van der Waals surface area contributed by atoms with Crippen LogP contribution in [0.25, 0.3) is 33.8 Å². The summed E-state index contributed by atoms with van der Waals surface area (Å²) >= 11 is 0. The number of pyridine rings is 3. The molecule has 0 aliphatic heterocycles. The van der Waals surface area contributed by atoms with Gasteiger partial charge < -0.3 is 0 Å². The molecule has 0 bridgehead atoms. The molecule has 3 heteroatoms. The zero-order valence-corrected chi connectivity index (χ0v) is 38.6. The van der Waals surface area contributed by atoms with Gasteiger partial charge in [-0.1, -0.05) is 96.1 Å². The van der Waals surface area contributed by atoms with E-state index >= 15 is 0 Å². The van der Waals surface area contributed by atoms with Crippen molar-refractivity contribution >= 4 is 0 Å². The second-order valence-corrected chi connectivity index (χ2v) is 16.0. The Hall–Kier alpha value is -4.89. The Morgan fingerprint density at radius 1 is 0.458 bits per heavy atom. The third kappa shape index (κ3) is 11.7. The molecule has 0 spiro atoms. The summed E-state index contributed by atoms with van der Waals surface area (Å²) in [6, 6.07) is 33.7. The Labute approximate surface area is 366 Å². The van der Waals surface area contributed by atoms with Crippen molar-refractivity contribution in [1.82, 2.24) is 0 Å². The summed E-state index contributed by atoms with van der Waals surface area (Å²) in [6.07, 6.45) is 11.3. The fourth-order valence-corrected chi connectivity index (χ4v) is 8.37. The summed E-state index contributed by atoms with van der Waals surface area (Å²) in [5.41, 5.74) is 15.7. The molecule has 0 aliphatic carbocycles. The van der Waals surface area contributed by atoms with E-state index in [0.717, 1.165) is 35.2 Å². The molecule has 3 aromatic heterocycles. The first-order valence-electron chi connectivity index (χ1n) is 24.5. The maximum Gasteiger partial charge on any atom is 0.212 e. The van der Waals surface area contributed by atoms with Crippen molar-refractivity contribution in [2.45, 2.75) is 132 Å². The van der Waals surface area contributed by atoms with Gasteiger partial charge in [0.2, 0.25) is 17.1 Å². The van der Waals surface area contributed by atoms with Crippen molar-refractivity contribution in [3.8, 4) is 33.8 Å². The fourth-order valence-electron chi connectivity index (χ4n) is 8.37. The highest BCUT2D eigenvalue weighted by Gasteiger charge is 2.21. The van der Waals surface area contributed by atoms with Crippen molar-refractivity contribution in [2.75, 3.05) is 0 Å². The summed E-state index contributed by atoms with van der Waals surface area (Å²) in [5, 5.41) is 0. The van der Waals surface area contributed by atoms with Gasteiger partial charge in [0.1, 0.15) is 21.1 Å². The van der Waals surface area contributed by atoms with E-state index in [0.29, 0.717) is 24.3 Å². The largest absolute Gasteiger partial charge is 0.212 e. The van der Waals surface area contributed by atoms with E-state index in [1.807, 2.05) is 62.7 Å². The molecule has 6 aromatic rings. The summed E-state index contributed by atoms with van der Waals surface area (Å²) < 4.78 is 47.4. The van der Waals surface area contributed by atoms with E-state index in [9.17, 15) is 0 Å². The van der Waals surface area contributed by atoms with Gasteiger partial charge in [0.25, 0.3) is 0 Å². The van der Waals surface area contributed by atoms with Crippen LogP contribution < -0.4 is 13.7 Å². The van der Waals surface area contributed by atoms with E-state index in [1.165, 1.54) is 57.6 Å². The minimum atomic E-state index is -2.23. The average molecular weight is 796 g/mol. The third-order valence-electron chi connectivity index (χ3n) is 12.1. The van der Waals surface area contributed by atoms with Crippen LogP contribution in [0.1, 0.15) is 149 Å². The molecule has 0 atom stereocenters. The van der Waals surface area contributed by atoms with Gasteiger partial charge in [-0.15, -0.1) is 0 Å². The molecular formula is C56H76N3+3. The van der Waals surface area contributed by atoms with E-state index in [-0.39, 0.29) is 5.56 Å². The van der Waals surface area contributed by atoms with Crippen LogP contribution in [0.15, 0.2) is 116 Å². The number of hydrogen-bond acceptors (Lipinski definition) is 0. The highest BCUT2D eigenvalue weighted by Crippen LogP contribution is 2.31. The van der Waals surface area contributed by atoms with E-state index < -0.39 is 18.6 Å². The van der Waals surface area contributed by atoms with Crippen LogP contribution in [0.4, 0.5) is 0 Å². The molecule has 312 valence electrons. The fraction of sp³-hybridized carbons (Fsp3) is 0.411. The van der Waals surface area contributed by atoms with E-state index in [4.69, 9.17) is 6.85 Å². The highest BCUT2D eigenvalue weighted by molar-refractivity contribution is 5.63. The number of rotatable bonds is 12. The van der Waals surface area contributed by atoms with Gasteiger partial charge in [-0.3, -0.25) is 0 Å². The molecule has 0 saturated heterocycles. The third-order valence-corrected chi connectivity index (χ3v) is 12.1. The Morgan fingerprint density at radius 2 is 0.864 bits per heavy atom. The van der Waals surface area contributed by atoms with Crippen LogP contribution in [-0.4, -0.2) is 0 Å². The summed E-state index contributed by atoms with van der Waals surface area (Å²) in [4.78, 5) is 0. The van der Waals surface area contributed by atoms with Crippen LogP contribution in [0.5, 0.6) is 0 Å². The molecule has 0 N–H and O–H groups in total. The molecule has 6 rings (SSSR count). The lowest BCUT2D eigenvalue weighted by atomic mass is 9.90. The predicted molar refractivity (Wildman–Crippen MR) is 253 cm³/mol. The maximum absolute atomic E-state index is 8.80. The topological polar surface area (TPSA) is 11.6 Å². The SMILES string of the molecule is CCC(CC)c1cc(-c2ccccc2C)[n+](C)cc1C.[2H]C(CC)(CC)c1cc[n+](C)c(-c2ccccc2C)c1.[2H]C([2H])([2H])c1c[n+](C)c(-c2ccccc2C)cc1C([2H])(CC)CC. The molecule has 3 nitrogen and oxygen atoms in total. The molecule has 59 heavy (non-hydrogen) atoms. The molecule has 0 unspecified atom stereocenters. The summed E-state index contributed by atoms with van der Waals surface area (Å²) in [5.74, 6) is -0.708. The van der Waals surface area contributed by atoms with Gasteiger partial charge in [0, 0.05) is 58.9 Å². The lowest BCUT2D eigenvalue weighted by Gasteiger charge is -2.16. The van der Waals surface area contributed by atoms with Crippen LogP contribution in [0.2, 0.25) is 0 Å². The molecule has 3 heterocycles. The number of benzene rings is 3. The van der Waals surface area contributed by atoms with E-state index in [1.54, 1.807) is 6.20 Å². The van der Waals surface area contributed by atoms with Gasteiger partial charge in [0.05, 0.1) is 0 Å². The molecule has 0 amide bonds. The van der Waals surface area contributed by atoms with Gasteiger partial charge in [-0.25, -0.2) is 13.7 Å². The lowest BCUT2D eigenvalue weighted by Crippen LogP contribution is -2.32. The molecule has 0 saturated carbocycles. The Morgan fingerprint density at radius 3 is 1.27 bits per heavy atom. The van der Waals surface area contributed by atoms with E-state index in [2.05, 4.69) is 151 Å². The van der Waals surface area contributed by atoms with Crippen molar-refractivity contribution in [3.05, 3.63) is 160 Å². The minimum Gasteiger partial charge on any atom is -0.201 e. The average Bonchev–Trinajstić information content (AvgIpc) is 3.28. The Balaban J connectivity index is 0.000000212. The zero-order valence-electron chi connectivity index (χ0n) is 43.6. The summed E-state index contributed by atoms with van der Waals surface area (Å²) in [6.45, 7) is 19.0. The molecule has 3 aromatic carbocycles. The zero-order chi connectivity index (χ0) is 47.6. The Kier molecular flexibility index (Phi) is 15.1. The van der Waals surface area contributed by atoms with Crippen molar-refractivity contribution < 1.29 is 20.6 Å². The molecular weight excluding hydrogens is 715 g/mol. The van der Waals surface area contributed by atoms with Gasteiger partial charge >= 0.3 is 0 Å². The molecule has 0 aliphatic rings. The maximum atomic E-state index is 8.80. The Bertz CT molecular complexity index is 2470. The number of nitrogens with zero attached hydrogens (tertiary/aromatic N) is 3. The van der Waals surface area contributed by atoms with Crippen LogP contribution in [0.3, 0.4) is 0 Å². The minimum absolute atomic E-state index is 0.279. The first-order valence-corrected chi connectivity index (χ1v) is 22.0. The van der Waals surface area contributed by atoms with Crippen molar-refractivity contribution in [2.24, 2.45) is 21.1 Å². The van der Waals surface area contributed by atoms with Gasteiger partial charge in [-0.05, 0) is 142 Å². The first-order chi connectivity index (χ1) is 30.2. The molecule has 0 radical (unpaired) electrons. The summed E-state index contributed by atoms with van der Waals surface area (Å²) in [7, 11) is 6.07. The highest BCUT2D eigenvalue weighted by atomic mass is 14.9. The number of hydrogen-bond donors (Lipinski definition) is 0. The van der Waals surface area contributed by atoms with Crippen LogP contribution in [-0.2, 0) is 21.1 Å². The van der Waals surface area contributed by atoms with Crippen molar-refractivity contribution in [1.29, 1.82) is 0 Å².